The Hall–Kier alpha value is -1.77. The van der Waals surface area contributed by atoms with Gasteiger partial charge < -0.3 is 9.26 Å². The molecule has 0 saturated carbocycles. The number of hydrogen-bond acceptors (Lipinski definition) is 3. The Balaban J connectivity index is 2.25. The zero-order chi connectivity index (χ0) is 10.5. The van der Waals surface area contributed by atoms with Gasteiger partial charge in [0.1, 0.15) is 6.20 Å². The van der Waals surface area contributed by atoms with Crippen LogP contribution in [0, 0.1) is 0 Å². The van der Waals surface area contributed by atoms with E-state index in [4.69, 9.17) is 9.26 Å². The first kappa shape index (κ1) is 9.77. The van der Waals surface area contributed by atoms with Gasteiger partial charge in [-0.25, -0.2) is 0 Å². The van der Waals surface area contributed by atoms with Gasteiger partial charge in [0.05, 0.1) is 6.61 Å². The van der Waals surface area contributed by atoms with Gasteiger partial charge >= 0.3 is 0 Å². The lowest BCUT2D eigenvalue weighted by molar-refractivity contribution is 0.315. The van der Waals surface area contributed by atoms with Gasteiger partial charge in [-0.15, -0.1) is 0 Å². The van der Waals surface area contributed by atoms with Gasteiger partial charge in [-0.05, 0) is 6.42 Å². The molecule has 0 aliphatic heterocycles. The first-order valence-corrected chi connectivity index (χ1v) is 5.04. The number of ether oxygens (including phenoxy) is 1. The summed E-state index contributed by atoms with van der Waals surface area (Å²) < 4.78 is 10.7. The Morgan fingerprint density at radius 2 is 2.07 bits per heavy atom. The van der Waals surface area contributed by atoms with E-state index in [0.29, 0.717) is 18.1 Å². The normalized spacial score (nSPS) is 10.2. The SMILES string of the molecule is CCCOc1cnoc1-c1ccccc1. The summed E-state index contributed by atoms with van der Waals surface area (Å²) >= 11 is 0. The van der Waals surface area contributed by atoms with Crippen LogP contribution in [0.25, 0.3) is 11.3 Å². The molecule has 78 valence electrons. The van der Waals surface area contributed by atoms with Crippen LogP contribution in [0.5, 0.6) is 5.75 Å². The highest BCUT2D eigenvalue weighted by atomic mass is 16.5. The molecule has 3 heteroatoms. The summed E-state index contributed by atoms with van der Waals surface area (Å²) in [7, 11) is 0. The van der Waals surface area contributed by atoms with Crippen LogP contribution in [0.15, 0.2) is 41.1 Å². The monoisotopic (exact) mass is 203 g/mol. The second kappa shape index (κ2) is 4.64. The van der Waals surface area contributed by atoms with Crippen molar-refractivity contribution in [2.24, 2.45) is 0 Å². The molecule has 0 atom stereocenters. The maximum absolute atomic E-state index is 5.52. The Bertz CT molecular complexity index is 409. The lowest BCUT2D eigenvalue weighted by atomic mass is 10.2. The number of benzene rings is 1. The van der Waals surface area contributed by atoms with E-state index >= 15 is 0 Å². The molecule has 3 nitrogen and oxygen atoms in total. The molecule has 1 aromatic carbocycles. The molecule has 1 heterocycles. The van der Waals surface area contributed by atoms with E-state index < -0.39 is 0 Å². The van der Waals surface area contributed by atoms with Crippen LogP contribution in [-0.2, 0) is 0 Å². The van der Waals surface area contributed by atoms with Crippen LogP contribution >= 0.6 is 0 Å². The summed E-state index contributed by atoms with van der Waals surface area (Å²) in [6, 6.07) is 9.83. The quantitative estimate of drug-likeness (QED) is 0.765. The molecular formula is C12H13NO2. The van der Waals surface area contributed by atoms with Crippen LogP contribution in [0.1, 0.15) is 13.3 Å². The molecule has 0 amide bonds. The Labute approximate surface area is 88.7 Å². The molecule has 0 aliphatic rings. The molecule has 1 aromatic heterocycles. The van der Waals surface area contributed by atoms with Gasteiger partial charge in [-0.1, -0.05) is 42.4 Å². The van der Waals surface area contributed by atoms with Crippen molar-refractivity contribution < 1.29 is 9.26 Å². The molecule has 0 spiro atoms. The summed E-state index contributed by atoms with van der Waals surface area (Å²) in [5, 5.41) is 3.75. The topological polar surface area (TPSA) is 35.3 Å². The molecule has 0 aliphatic carbocycles. The Morgan fingerprint density at radius 1 is 1.27 bits per heavy atom. The zero-order valence-corrected chi connectivity index (χ0v) is 8.64. The summed E-state index contributed by atoms with van der Waals surface area (Å²) in [6.45, 7) is 2.75. The van der Waals surface area contributed by atoms with Crippen molar-refractivity contribution in [1.29, 1.82) is 0 Å². The lowest BCUT2D eigenvalue weighted by Gasteiger charge is -2.02. The van der Waals surface area contributed by atoms with Crippen LogP contribution in [0.2, 0.25) is 0 Å². The first-order valence-electron chi connectivity index (χ1n) is 5.04. The highest BCUT2D eigenvalue weighted by Crippen LogP contribution is 2.29. The van der Waals surface area contributed by atoms with Crippen molar-refractivity contribution in [2.75, 3.05) is 6.61 Å². The van der Waals surface area contributed by atoms with Gasteiger partial charge in [0, 0.05) is 5.56 Å². The fourth-order valence-electron chi connectivity index (χ4n) is 1.33. The highest BCUT2D eigenvalue weighted by molar-refractivity contribution is 5.63. The summed E-state index contributed by atoms with van der Waals surface area (Å²) in [5.74, 6) is 1.41. The molecule has 2 aromatic rings. The molecule has 0 radical (unpaired) electrons. The van der Waals surface area contributed by atoms with E-state index in [0.717, 1.165) is 12.0 Å². The van der Waals surface area contributed by atoms with Gasteiger partial charge in [0.15, 0.2) is 5.75 Å². The maximum atomic E-state index is 5.52. The largest absolute Gasteiger partial charge is 0.488 e. The molecule has 0 unspecified atom stereocenters. The van der Waals surface area contributed by atoms with E-state index in [1.807, 2.05) is 30.3 Å². The van der Waals surface area contributed by atoms with Crippen LogP contribution < -0.4 is 4.74 Å². The highest BCUT2D eigenvalue weighted by Gasteiger charge is 2.10. The lowest BCUT2D eigenvalue weighted by Crippen LogP contribution is -1.94. The van der Waals surface area contributed by atoms with Crippen molar-refractivity contribution >= 4 is 0 Å². The predicted octanol–water partition coefficient (Wildman–Crippen LogP) is 3.13. The minimum Gasteiger partial charge on any atom is -0.488 e. The van der Waals surface area contributed by atoms with E-state index in [-0.39, 0.29) is 0 Å². The second-order valence-corrected chi connectivity index (χ2v) is 3.23. The van der Waals surface area contributed by atoms with Gasteiger partial charge in [-0.2, -0.15) is 0 Å². The molecule has 0 N–H and O–H groups in total. The minimum absolute atomic E-state index is 0.682. The van der Waals surface area contributed by atoms with E-state index in [9.17, 15) is 0 Å². The van der Waals surface area contributed by atoms with Gasteiger partial charge in [0.25, 0.3) is 0 Å². The van der Waals surface area contributed by atoms with E-state index in [2.05, 4.69) is 12.1 Å². The van der Waals surface area contributed by atoms with Crippen molar-refractivity contribution in [3.63, 3.8) is 0 Å². The molecule has 0 bridgehead atoms. The van der Waals surface area contributed by atoms with E-state index in [1.54, 1.807) is 6.20 Å². The third kappa shape index (κ3) is 2.18. The van der Waals surface area contributed by atoms with Crippen molar-refractivity contribution in [1.82, 2.24) is 5.16 Å². The third-order valence-corrected chi connectivity index (χ3v) is 2.04. The standard InChI is InChI=1S/C12H13NO2/c1-2-8-14-11-9-13-15-12(11)10-6-4-3-5-7-10/h3-7,9H,2,8H2,1H3. The van der Waals surface area contributed by atoms with Crippen LogP contribution in [-0.4, -0.2) is 11.8 Å². The number of aromatic nitrogens is 1. The molecule has 2 rings (SSSR count). The van der Waals surface area contributed by atoms with Gasteiger partial charge in [0.2, 0.25) is 5.76 Å². The van der Waals surface area contributed by atoms with Crippen LogP contribution in [0.4, 0.5) is 0 Å². The second-order valence-electron chi connectivity index (χ2n) is 3.23. The van der Waals surface area contributed by atoms with Crippen molar-refractivity contribution in [3.05, 3.63) is 36.5 Å². The molecule has 15 heavy (non-hydrogen) atoms. The minimum atomic E-state index is 0.682. The summed E-state index contributed by atoms with van der Waals surface area (Å²) in [4.78, 5) is 0. The average Bonchev–Trinajstić information content (AvgIpc) is 2.75. The Kier molecular flexibility index (Phi) is 3.02. The van der Waals surface area contributed by atoms with Crippen molar-refractivity contribution in [3.8, 4) is 17.1 Å². The van der Waals surface area contributed by atoms with Crippen LogP contribution in [0.3, 0.4) is 0 Å². The van der Waals surface area contributed by atoms with Gasteiger partial charge in [-0.3, -0.25) is 0 Å². The molecular weight excluding hydrogens is 190 g/mol. The summed E-state index contributed by atoms with van der Waals surface area (Å²) in [5.41, 5.74) is 0.987. The number of hydrogen-bond donors (Lipinski definition) is 0. The third-order valence-electron chi connectivity index (χ3n) is 2.04. The fourth-order valence-corrected chi connectivity index (χ4v) is 1.33. The summed E-state index contributed by atoms with van der Waals surface area (Å²) in [6.07, 6.45) is 2.58. The van der Waals surface area contributed by atoms with E-state index in [1.165, 1.54) is 0 Å². The Morgan fingerprint density at radius 3 is 2.80 bits per heavy atom. The molecule has 0 fully saturated rings. The fraction of sp³-hybridized carbons (Fsp3) is 0.250. The smallest absolute Gasteiger partial charge is 0.208 e. The number of rotatable bonds is 4. The predicted molar refractivity (Wildman–Crippen MR) is 57.7 cm³/mol. The van der Waals surface area contributed by atoms with Crippen molar-refractivity contribution in [2.45, 2.75) is 13.3 Å². The average molecular weight is 203 g/mol. The number of nitrogens with zero attached hydrogens (tertiary/aromatic N) is 1. The zero-order valence-electron chi connectivity index (χ0n) is 8.64. The maximum Gasteiger partial charge on any atom is 0.208 e. The molecule has 0 saturated heterocycles. The first-order chi connectivity index (χ1) is 7.42.